The van der Waals surface area contributed by atoms with Crippen molar-refractivity contribution in [3.05, 3.63) is 35.4 Å². The molecule has 1 aromatic rings. The second-order valence-corrected chi connectivity index (χ2v) is 4.68. The molecule has 0 aliphatic carbocycles. The van der Waals surface area contributed by atoms with E-state index >= 15 is 0 Å². The fraction of sp³-hybridized carbons (Fsp3) is 0.429. The molecule has 0 aromatic heterocycles. The van der Waals surface area contributed by atoms with Crippen LogP contribution in [0.3, 0.4) is 0 Å². The van der Waals surface area contributed by atoms with E-state index in [9.17, 15) is 9.59 Å². The molecule has 0 bridgehead atoms. The summed E-state index contributed by atoms with van der Waals surface area (Å²) in [6.45, 7) is 4.17. The molecule has 0 heterocycles. The molecule has 0 saturated carbocycles. The Balaban J connectivity index is 2.59. The van der Waals surface area contributed by atoms with Crippen molar-refractivity contribution in [1.82, 2.24) is 0 Å². The van der Waals surface area contributed by atoms with Crippen molar-refractivity contribution in [2.45, 2.75) is 38.6 Å². The van der Waals surface area contributed by atoms with Crippen LogP contribution >= 0.6 is 0 Å². The van der Waals surface area contributed by atoms with Crippen molar-refractivity contribution >= 4 is 11.8 Å². The van der Waals surface area contributed by atoms with E-state index in [4.69, 9.17) is 10.8 Å². The molecule has 4 heteroatoms. The number of carboxylic acid groups (broad SMARTS) is 1. The number of carbonyl (C=O) groups excluding carboxylic acids is 1. The van der Waals surface area contributed by atoms with Crippen molar-refractivity contribution in [3.8, 4) is 0 Å². The zero-order valence-electron chi connectivity index (χ0n) is 10.7. The van der Waals surface area contributed by atoms with Gasteiger partial charge in [-0.15, -0.1) is 0 Å². The molecule has 0 aliphatic heterocycles. The Bertz CT molecular complexity index is 423. The van der Waals surface area contributed by atoms with Crippen LogP contribution in [0.5, 0.6) is 0 Å². The first kappa shape index (κ1) is 14.4. The molecule has 0 fully saturated rings. The minimum atomic E-state index is -1.07. The molecule has 98 valence electrons. The van der Waals surface area contributed by atoms with Crippen LogP contribution in [0.25, 0.3) is 0 Å². The molecule has 0 saturated heterocycles. The van der Waals surface area contributed by atoms with Gasteiger partial charge in [-0.1, -0.05) is 38.1 Å². The first-order valence-corrected chi connectivity index (χ1v) is 6.03. The topological polar surface area (TPSA) is 80.4 Å². The van der Waals surface area contributed by atoms with Gasteiger partial charge in [-0.25, -0.2) is 0 Å². The van der Waals surface area contributed by atoms with Crippen LogP contribution in [0.2, 0.25) is 0 Å². The number of ketones is 1. The smallest absolute Gasteiger partial charge is 0.320 e. The summed E-state index contributed by atoms with van der Waals surface area (Å²) in [5.41, 5.74) is 7.14. The van der Waals surface area contributed by atoms with Gasteiger partial charge < -0.3 is 10.8 Å². The van der Waals surface area contributed by atoms with E-state index in [2.05, 4.69) is 13.8 Å². The second-order valence-electron chi connectivity index (χ2n) is 4.68. The molecule has 0 spiro atoms. The first-order chi connectivity index (χ1) is 8.41. The van der Waals surface area contributed by atoms with Gasteiger partial charge in [-0.3, -0.25) is 9.59 Å². The standard InChI is InChI=1S/C14H19NO3/c1-9(2)10-3-5-11(6-4-10)13(16)8-7-12(15)14(17)18/h3-6,9,12H,7-8,15H2,1-2H3,(H,17,18)/t12-/m1/s1. The number of Topliss-reactive ketones (excluding diaryl/α,β-unsaturated/α-hetero) is 1. The van der Waals surface area contributed by atoms with Gasteiger partial charge in [-0.05, 0) is 17.9 Å². The summed E-state index contributed by atoms with van der Waals surface area (Å²) in [6, 6.07) is 6.45. The summed E-state index contributed by atoms with van der Waals surface area (Å²) in [4.78, 5) is 22.3. The maximum Gasteiger partial charge on any atom is 0.320 e. The van der Waals surface area contributed by atoms with E-state index in [1.54, 1.807) is 12.1 Å². The van der Waals surface area contributed by atoms with Crippen molar-refractivity contribution in [3.63, 3.8) is 0 Å². The first-order valence-electron chi connectivity index (χ1n) is 6.03. The zero-order valence-corrected chi connectivity index (χ0v) is 10.7. The van der Waals surface area contributed by atoms with Crippen LogP contribution in [0.15, 0.2) is 24.3 Å². The van der Waals surface area contributed by atoms with E-state index in [0.29, 0.717) is 11.5 Å². The molecule has 18 heavy (non-hydrogen) atoms. The minimum absolute atomic E-state index is 0.0676. The fourth-order valence-corrected chi connectivity index (χ4v) is 1.61. The number of hydrogen-bond acceptors (Lipinski definition) is 3. The molecule has 1 rings (SSSR count). The molecular formula is C14H19NO3. The van der Waals surface area contributed by atoms with Gasteiger partial charge in [0.05, 0.1) is 0 Å². The van der Waals surface area contributed by atoms with Gasteiger partial charge in [0.1, 0.15) is 6.04 Å². The SMILES string of the molecule is CC(C)c1ccc(C(=O)CC[C@@H](N)C(=O)O)cc1. The normalized spacial score (nSPS) is 12.4. The fourth-order valence-electron chi connectivity index (χ4n) is 1.61. The highest BCUT2D eigenvalue weighted by Crippen LogP contribution is 2.16. The number of carboxylic acids is 1. The summed E-state index contributed by atoms with van der Waals surface area (Å²) in [6.07, 6.45) is 0.328. The highest BCUT2D eigenvalue weighted by atomic mass is 16.4. The average molecular weight is 249 g/mol. The van der Waals surface area contributed by atoms with Gasteiger partial charge in [0.15, 0.2) is 5.78 Å². The molecule has 0 unspecified atom stereocenters. The molecule has 3 N–H and O–H groups in total. The predicted octanol–water partition coefficient (Wildman–Crippen LogP) is 2.18. The molecule has 0 radical (unpaired) electrons. The van der Waals surface area contributed by atoms with E-state index in [-0.39, 0.29) is 18.6 Å². The van der Waals surface area contributed by atoms with Crippen LogP contribution in [0.1, 0.15) is 48.5 Å². The Kier molecular flexibility index (Phi) is 5.04. The molecule has 0 amide bonds. The maximum absolute atomic E-state index is 11.8. The molecule has 1 aromatic carbocycles. The van der Waals surface area contributed by atoms with Crippen LogP contribution in [0.4, 0.5) is 0 Å². The maximum atomic E-state index is 11.8. The third-order valence-corrected chi connectivity index (χ3v) is 2.90. The van der Waals surface area contributed by atoms with E-state index in [1.807, 2.05) is 12.1 Å². The van der Waals surface area contributed by atoms with Gasteiger partial charge in [0.25, 0.3) is 0 Å². The molecule has 1 atom stereocenters. The van der Waals surface area contributed by atoms with E-state index in [1.165, 1.54) is 5.56 Å². The highest BCUT2D eigenvalue weighted by Gasteiger charge is 2.14. The lowest BCUT2D eigenvalue weighted by Gasteiger charge is -2.07. The van der Waals surface area contributed by atoms with Crippen LogP contribution in [-0.2, 0) is 4.79 Å². The number of rotatable bonds is 6. The van der Waals surface area contributed by atoms with Crippen molar-refractivity contribution in [2.75, 3.05) is 0 Å². The Morgan fingerprint density at radius 3 is 2.22 bits per heavy atom. The highest BCUT2D eigenvalue weighted by molar-refractivity contribution is 5.96. The summed E-state index contributed by atoms with van der Waals surface area (Å²) in [5, 5.41) is 8.63. The number of carbonyl (C=O) groups is 2. The summed E-state index contributed by atoms with van der Waals surface area (Å²) >= 11 is 0. The molecule has 4 nitrogen and oxygen atoms in total. The number of aliphatic carboxylic acids is 1. The summed E-state index contributed by atoms with van der Waals surface area (Å²) in [7, 11) is 0. The predicted molar refractivity (Wildman–Crippen MR) is 69.7 cm³/mol. The Morgan fingerprint density at radius 1 is 1.22 bits per heavy atom. The summed E-state index contributed by atoms with van der Waals surface area (Å²) < 4.78 is 0. The lowest BCUT2D eigenvalue weighted by atomic mass is 9.98. The van der Waals surface area contributed by atoms with Crippen LogP contribution in [-0.4, -0.2) is 22.9 Å². The lowest BCUT2D eigenvalue weighted by molar-refractivity contribution is -0.138. The monoisotopic (exact) mass is 249 g/mol. The van der Waals surface area contributed by atoms with Gasteiger partial charge in [-0.2, -0.15) is 0 Å². The molecule has 0 aliphatic rings. The lowest BCUT2D eigenvalue weighted by Crippen LogP contribution is -2.30. The third-order valence-electron chi connectivity index (χ3n) is 2.90. The van der Waals surface area contributed by atoms with Gasteiger partial charge >= 0.3 is 5.97 Å². The van der Waals surface area contributed by atoms with E-state index in [0.717, 1.165) is 0 Å². The zero-order chi connectivity index (χ0) is 13.7. The minimum Gasteiger partial charge on any atom is -0.480 e. The number of nitrogens with two attached hydrogens (primary N) is 1. The Morgan fingerprint density at radius 2 is 1.78 bits per heavy atom. The van der Waals surface area contributed by atoms with E-state index < -0.39 is 12.0 Å². The Hall–Kier alpha value is -1.68. The van der Waals surface area contributed by atoms with Gasteiger partial charge in [0.2, 0.25) is 0 Å². The summed E-state index contributed by atoms with van der Waals surface area (Å²) in [5.74, 6) is -0.713. The third kappa shape index (κ3) is 3.96. The largest absolute Gasteiger partial charge is 0.480 e. The average Bonchev–Trinajstić information content (AvgIpc) is 2.35. The number of hydrogen-bond donors (Lipinski definition) is 2. The van der Waals surface area contributed by atoms with Crippen LogP contribution < -0.4 is 5.73 Å². The Labute approximate surface area is 107 Å². The van der Waals surface area contributed by atoms with Crippen molar-refractivity contribution < 1.29 is 14.7 Å². The molecular weight excluding hydrogens is 230 g/mol. The van der Waals surface area contributed by atoms with Crippen LogP contribution in [0, 0.1) is 0 Å². The van der Waals surface area contributed by atoms with Crippen molar-refractivity contribution in [2.24, 2.45) is 5.73 Å². The quantitative estimate of drug-likeness (QED) is 0.757. The number of benzene rings is 1. The van der Waals surface area contributed by atoms with Gasteiger partial charge in [0, 0.05) is 12.0 Å². The van der Waals surface area contributed by atoms with Crippen molar-refractivity contribution in [1.29, 1.82) is 0 Å². The second kappa shape index (κ2) is 6.31.